The minimum Gasteiger partial charge on any atom is -0.350 e. The number of hydrogen-bond acceptors (Lipinski definition) is 3. The molecule has 3 aromatic carbocycles. The molecule has 3 aromatic rings. The molecular formula is C27H25FN2O2. The molecule has 0 saturated heterocycles. The van der Waals surface area contributed by atoms with Gasteiger partial charge in [0.1, 0.15) is 11.5 Å². The van der Waals surface area contributed by atoms with Crippen LogP contribution in [0.2, 0.25) is 0 Å². The quantitative estimate of drug-likeness (QED) is 0.510. The zero-order valence-electron chi connectivity index (χ0n) is 18.6. The van der Waals surface area contributed by atoms with E-state index in [1.165, 1.54) is 29.2 Å². The number of carbonyl (C=O) groups is 2. The minimum absolute atomic E-state index is 0.179. The van der Waals surface area contributed by atoms with Gasteiger partial charge in [-0.05, 0) is 78.4 Å². The summed E-state index contributed by atoms with van der Waals surface area (Å²) < 4.78 is 13.5. The van der Waals surface area contributed by atoms with E-state index in [0.717, 1.165) is 16.7 Å². The van der Waals surface area contributed by atoms with Crippen molar-refractivity contribution in [1.29, 1.82) is 0 Å². The van der Waals surface area contributed by atoms with E-state index >= 15 is 0 Å². The lowest BCUT2D eigenvalue weighted by atomic mass is 10.0. The van der Waals surface area contributed by atoms with Crippen LogP contribution in [0.1, 0.15) is 42.0 Å². The van der Waals surface area contributed by atoms with Crippen molar-refractivity contribution in [2.75, 3.05) is 10.2 Å². The Morgan fingerprint density at radius 3 is 2.06 bits per heavy atom. The molecular weight excluding hydrogens is 403 g/mol. The van der Waals surface area contributed by atoms with Gasteiger partial charge in [-0.3, -0.25) is 9.59 Å². The van der Waals surface area contributed by atoms with Gasteiger partial charge in [0, 0.05) is 5.69 Å². The van der Waals surface area contributed by atoms with Crippen LogP contribution in [0.3, 0.4) is 0 Å². The molecule has 1 aliphatic rings. The second-order valence-corrected chi connectivity index (χ2v) is 8.37. The predicted octanol–water partition coefficient (Wildman–Crippen LogP) is 5.96. The van der Waals surface area contributed by atoms with Crippen molar-refractivity contribution >= 4 is 28.8 Å². The smallest absolute Gasteiger partial charge is 0.282 e. The Morgan fingerprint density at radius 1 is 0.812 bits per heavy atom. The van der Waals surface area contributed by atoms with Gasteiger partial charge in [0.2, 0.25) is 0 Å². The van der Waals surface area contributed by atoms with Crippen molar-refractivity contribution in [1.82, 2.24) is 0 Å². The van der Waals surface area contributed by atoms with E-state index in [2.05, 4.69) is 19.2 Å². The number of imide groups is 1. The van der Waals surface area contributed by atoms with Crippen molar-refractivity contribution in [2.45, 2.75) is 33.6 Å². The maximum atomic E-state index is 13.5. The zero-order chi connectivity index (χ0) is 23.0. The van der Waals surface area contributed by atoms with Crippen LogP contribution < -0.4 is 10.2 Å². The first-order valence-corrected chi connectivity index (χ1v) is 10.6. The molecule has 32 heavy (non-hydrogen) atoms. The van der Waals surface area contributed by atoms with Crippen LogP contribution in [0.4, 0.5) is 15.8 Å². The number of rotatable bonds is 5. The number of anilines is 2. The van der Waals surface area contributed by atoms with Gasteiger partial charge in [-0.15, -0.1) is 0 Å². The Bertz CT molecular complexity index is 1230. The number of amides is 2. The Hall–Kier alpha value is -3.73. The Balaban J connectivity index is 1.79. The Morgan fingerprint density at radius 2 is 1.47 bits per heavy atom. The summed E-state index contributed by atoms with van der Waals surface area (Å²) in [5.74, 6) is -0.949. The first kappa shape index (κ1) is 21.5. The lowest BCUT2D eigenvalue weighted by molar-refractivity contribution is -0.120. The minimum atomic E-state index is -0.440. The van der Waals surface area contributed by atoms with Crippen LogP contribution in [0.25, 0.3) is 5.57 Å². The SMILES string of the molecule is Cc1ccc(NC2=C(c3ccc(F)cc3)C(=O)N(c3ccc(C(C)C)cc3)C2=O)cc1C. The molecule has 0 aromatic heterocycles. The molecule has 0 atom stereocenters. The van der Waals surface area contributed by atoms with Gasteiger partial charge >= 0.3 is 0 Å². The Kier molecular flexibility index (Phi) is 5.66. The molecule has 2 amide bonds. The average molecular weight is 429 g/mol. The largest absolute Gasteiger partial charge is 0.350 e. The molecule has 0 fully saturated rings. The lowest BCUT2D eigenvalue weighted by Gasteiger charge is -2.16. The van der Waals surface area contributed by atoms with Crippen molar-refractivity contribution in [3.63, 3.8) is 0 Å². The van der Waals surface area contributed by atoms with Gasteiger partial charge in [0.05, 0.1) is 11.3 Å². The van der Waals surface area contributed by atoms with Crippen molar-refractivity contribution < 1.29 is 14.0 Å². The van der Waals surface area contributed by atoms with E-state index in [0.29, 0.717) is 22.9 Å². The molecule has 5 heteroatoms. The van der Waals surface area contributed by atoms with Crippen LogP contribution in [0, 0.1) is 19.7 Å². The number of nitrogens with one attached hydrogen (secondary N) is 1. The summed E-state index contributed by atoms with van der Waals surface area (Å²) in [7, 11) is 0. The fraction of sp³-hybridized carbons (Fsp3) is 0.185. The third-order valence-electron chi connectivity index (χ3n) is 5.81. The highest BCUT2D eigenvalue weighted by atomic mass is 19.1. The topological polar surface area (TPSA) is 49.4 Å². The second kappa shape index (κ2) is 8.42. The summed E-state index contributed by atoms with van der Waals surface area (Å²) in [6, 6.07) is 18.8. The Labute approximate surface area is 187 Å². The standard InChI is InChI=1S/C27H25FN2O2/c1-16(2)19-8-13-23(14-9-19)30-26(31)24(20-6-10-21(28)11-7-20)25(27(30)32)29-22-12-5-17(3)18(4)15-22/h5-16,29H,1-4H3. The first-order chi connectivity index (χ1) is 15.3. The molecule has 1 N–H and O–H groups in total. The van der Waals surface area contributed by atoms with E-state index in [4.69, 9.17) is 0 Å². The first-order valence-electron chi connectivity index (χ1n) is 10.6. The van der Waals surface area contributed by atoms with Crippen molar-refractivity contribution in [2.24, 2.45) is 0 Å². The number of halogens is 1. The fourth-order valence-electron chi connectivity index (χ4n) is 3.74. The maximum Gasteiger partial charge on any atom is 0.282 e. The second-order valence-electron chi connectivity index (χ2n) is 8.37. The van der Waals surface area contributed by atoms with Crippen LogP contribution in [-0.4, -0.2) is 11.8 Å². The molecule has 0 spiro atoms. The van der Waals surface area contributed by atoms with E-state index in [1.807, 2.05) is 44.2 Å². The van der Waals surface area contributed by atoms with Crippen LogP contribution in [0.5, 0.6) is 0 Å². The highest BCUT2D eigenvalue weighted by Gasteiger charge is 2.40. The molecule has 0 radical (unpaired) electrons. The molecule has 1 heterocycles. The molecule has 0 saturated carbocycles. The summed E-state index contributed by atoms with van der Waals surface area (Å²) in [6.45, 7) is 8.16. The van der Waals surface area contributed by atoms with Gasteiger partial charge in [-0.2, -0.15) is 0 Å². The normalized spacial score (nSPS) is 14.0. The third-order valence-corrected chi connectivity index (χ3v) is 5.81. The van der Waals surface area contributed by atoms with Crippen LogP contribution in [-0.2, 0) is 9.59 Å². The molecule has 1 aliphatic heterocycles. The average Bonchev–Trinajstić information content (AvgIpc) is 3.01. The number of nitrogens with zero attached hydrogens (tertiary/aromatic N) is 1. The predicted molar refractivity (Wildman–Crippen MR) is 126 cm³/mol. The molecule has 0 bridgehead atoms. The van der Waals surface area contributed by atoms with Gasteiger partial charge in [0.25, 0.3) is 11.8 Å². The van der Waals surface area contributed by atoms with Crippen LogP contribution in [0.15, 0.2) is 72.4 Å². The zero-order valence-corrected chi connectivity index (χ0v) is 18.6. The molecule has 4 rings (SSSR count). The van der Waals surface area contributed by atoms with Gasteiger partial charge in [0.15, 0.2) is 0 Å². The van der Waals surface area contributed by atoms with Crippen molar-refractivity contribution in [3.8, 4) is 0 Å². The maximum absolute atomic E-state index is 13.5. The number of aryl methyl sites for hydroxylation is 2. The van der Waals surface area contributed by atoms with E-state index in [-0.39, 0.29) is 11.3 Å². The van der Waals surface area contributed by atoms with E-state index in [1.54, 1.807) is 12.1 Å². The molecule has 162 valence electrons. The highest BCUT2D eigenvalue weighted by molar-refractivity contribution is 6.46. The number of carbonyl (C=O) groups excluding carboxylic acids is 2. The number of benzene rings is 3. The van der Waals surface area contributed by atoms with Crippen LogP contribution >= 0.6 is 0 Å². The number of hydrogen-bond donors (Lipinski definition) is 1. The summed E-state index contributed by atoms with van der Waals surface area (Å²) in [5, 5.41) is 3.16. The summed E-state index contributed by atoms with van der Waals surface area (Å²) in [5.41, 5.74) is 5.41. The van der Waals surface area contributed by atoms with Crippen molar-refractivity contribution in [3.05, 3.63) is 100 Å². The van der Waals surface area contributed by atoms with E-state index < -0.39 is 17.6 Å². The summed E-state index contributed by atoms with van der Waals surface area (Å²) in [4.78, 5) is 28.1. The summed E-state index contributed by atoms with van der Waals surface area (Å²) in [6.07, 6.45) is 0. The highest BCUT2D eigenvalue weighted by Crippen LogP contribution is 2.34. The molecule has 0 unspecified atom stereocenters. The van der Waals surface area contributed by atoms with Gasteiger partial charge < -0.3 is 5.32 Å². The lowest BCUT2D eigenvalue weighted by Crippen LogP contribution is -2.32. The van der Waals surface area contributed by atoms with Gasteiger partial charge in [-0.1, -0.05) is 44.2 Å². The van der Waals surface area contributed by atoms with E-state index in [9.17, 15) is 14.0 Å². The molecule has 4 nitrogen and oxygen atoms in total. The third kappa shape index (κ3) is 3.94. The monoisotopic (exact) mass is 428 g/mol. The summed E-state index contributed by atoms with van der Waals surface area (Å²) >= 11 is 0. The molecule has 0 aliphatic carbocycles. The van der Waals surface area contributed by atoms with Gasteiger partial charge in [-0.25, -0.2) is 9.29 Å². The fourth-order valence-corrected chi connectivity index (χ4v) is 3.74.